The van der Waals surface area contributed by atoms with Crippen LogP contribution in [0.4, 0.5) is 5.69 Å². The summed E-state index contributed by atoms with van der Waals surface area (Å²) in [4.78, 5) is 14.2. The normalized spacial score (nSPS) is 41.2. The molecule has 0 radical (unpaired) electrons. The number of nitrogens with zero attached hydrogens (tertiary/aromatic N) is 1. The van der Waals surface area contributed by atoms with Gasteiger partial charge in [0.2, 0.25) is 0 Å². The Hall–Kier alpha value is -1.61. The fraction of sp³-hybridized carbons (Fsp3) is 0.654. The van der Waals surface area contributed by atoms with Crippen LogP contribution in [0, 0.1) is 29.1 Å². The molecule has 0 aromatic heterocycles. The summed E-state index contributed by atoms with van der Waals surface area (Å²) >= 11 is 0. The number of allylic oxidation sites excluding steroid dienone is 1. The van der Waals surface area contributed by atoms with E-state index in [4.69, 9.17) is 0 Å². The van der Waals surface area contributed by atoms with Crippen molar-refractivity contribution in [3.05, 3.63) is 41.5 Å². The fourth-order valence-corrected chi connectivity index (χ4v) is 7.64. The molecule has 0 bridgehead atoms. The molecule has 1 N–H and O–H groups in total. The largest absolute Gasteiger partial charge is 0.393 e. The van der Waals surface area contributed by atoms with E-state index in [9.17, 15) is 9.90 Å². The highest BCUT2D eigenvalue weighted by Crippen LogP contribution is 2.65. The molecule has 0 aliphatic heterocycles. The van der Waals surface area contributed by atoms with Gasteiger partial charge in [0.25, 0.3) is 0 Å². The van der Waals surface area contributed by atoms with Gasteiger partial charge in [-0.25, -0.2) is 0 Å². The molecule has 0 spiro atoms. The third kappa shape index (κ3) is 3.00. The summed E-state index contributed by atoms with van der Waals surface area (Å²) in [6.45, 7) is 2.36. The Morgan fingerprint density at radius 3 is 2.48 bits per heavy atom. The molecule has 3 nitrogen and oxygen atoms in total. The molecule has 156 valence electrons. The summed E-state index contributed by atoms with van der Waals surface area (Å²) < 4.78 is 0. The number of fused-ring (bicyclic) bond motifs is 5. The molecular weight excluding hydrogens is 358 g/mol. The third-order valence-electron chi connectivity index (χ3n) is 9.09. The minimum atomic E-state index is -0.165. The molecule has 0 saturated heterocycles. The standard InChI is InChI=1S/C26H35NO2/c1-26-15-22(16-4-7-18(8-5-16)27(2)3)25-20-11-9-19(28)14-17(20)6-10-21(25)23(26)12-13-24(26)29/h4-5,7-8,14,20-25,29H,6,9-13,15H2,1-3H3. The van der Waals surface area contributed by atoms with Crippen molar-refractivity contribution in [3.8, 4) is 0 Å². The second-order valence-corrected chi connectivity index (χ2v) is 10.6. The average molecular weight is 394 g/mol. The number of carbonyl (C=O) groups excluding carboxylic acids is 1. The summed E-state index contributed by atoms with van der Waals surface area (Å²) in [7, 11) is 4.17. The van der Waals surface area contributed by atoms with Gasteiger partial charge in [0, 0.05) is 26.2 Å². The van der Waals surface area contributed by atoms with Crippen LogP contribution in [0.1, 0.15) is 63.4 Å². The van der Waals surface area contributed by atoms with E-state index in [2.05, 4.69) is 50.2 Å². The maximum atomic E-state index is 12.1. The lowest BCUT2D eigenvalue weighted by Gasteiger charge is -2.57. The molecule has 29 heavy (non-hydrogen) atoms. The van der Waals surface area contributed by atoms with E-state index in [0.717, 1.165) is 25.7 Å². The SMILES string of the molecule is CN(C)c1ccc(C2CC3(C)C(O)CCC3C3CCC4=CC(=O)CCC4C23)cc1. The highest BCUT2D eigenvalue weighted by molar-refractivity contribution is 5.91. The molecule has 3 saturated carbocycles. The van der Waals surface area contributed by atoms with Crippen molar-refractivity contribution < 1.29 is 9.90 Å². The quantitative estimate of drug-likeness (QED) is 0.773. The van der Waals surface area contributed by atoms with Gasteiger partial charge in [0.05, 0.1) is 6.10 Å². The van der Waals surface area contributed by atoms with Crippen molar-refractivity contribution in [2.45, 2.75) is 63.9 Å². The third-order valence-corrected chi connectivity index (χ3v) is 9.09. The minimum absolute atomic E-state index is 0.0394. The van der Waals surface area contributed by atoms with Gasteiger partial charge < -0.3 is 10.0 Å². The van der Waals surface area contributed by atoms with Crippen LogP contribution >= 0.6 is 0 Å². The Kier molecular flexibility index (Phi) is 4.66. The van der Waals surface area contributed by atoms with Gasteiger partial charge >= 0.3 is 0 Å². The van der Waals surface area contributed by atoms with E-state index >= 15 is 0 Å². The molecule has 4 aliphatic carbocycles. The van der Waals surface area contributed by atoms with Gasteiger partial charge in [0.15, 0.2) is 5.78 Å². The van der Waals surface area contributed by atoms with Crippen molar-refractivity contribution >= 4 is 11.5 Å². The summed E-state index contributed by atoms with van der Waals surface area (Å²) in [5.41, 5.74) is 4.14. The number of hydrogen-bond donors (Lipinski definition) is 1. The molecule has 0 amide bonds. The van der Waals surface area contributed by atoms with Crippen LogP contribution in [-0.4, -0.2) is 31.1 Å². The molecule has 7 atom stereocenters. The lowest BCUT2D eigenvalue weighted by Crippen LogP contribution is -2.50. The first-order chi connectivity index (χ1) is 13.9. The highest BCUT2D eigenvalue weighted by atomic mass is 16.3. The molecule has 4 aliphatic rings. The van der Waals surface area contributed by atoms with E-state index in [1.54, 1.807) is 0 Å². The van der Waals surface area contributed by atoms with E-state index in [-0.39, 0.29) is 11.5 Å². The second kappa shape index (κ2) is 6.97. The molecule has 3 fully saturated rings. The summed E-state index contributed by atoms with van der Waals surface area (Å²) in [5.74, 6) is 3.31. The van der Waals surface area contributed by atoms with E-state index in [1.165, 1.54) is 29.7 Å². The van der Waals surface area contributed by atoms with Gasteiger partial charge in [-0.05, 0) is 97.3 Å². The number of benzene rings is 1. The van der Waals surface area contributed by atoms with Gasteiger partial charge in [0.1, 0.15) is 0 Å². The molecule has 0 heterocycles. The number of aliphatic hydroxyl groups excluding tert-OH is 1. The molecule has 7 unspecified atom stereocenters. The zero-order chi connectivity index (χ0) is 20.3. The number of ketones is 1. The molecule has 1 aromatic carbocycles. The predicted molar refractivity (Wildman–Crippen MR) is 117 cm³/mol. The van der Waals surface area contributed by atoms with Crippen LogP contribution in [0.2, 0.25) is 0 Å². The average Bonchev–Trinajstić information content (AvgIpc) is 3.01. The first kappa shape index (κ1) is 19.4. The topological polar surface area (TPSA) is 40.5 Å². The Morgan fingerprint density at radius 2 is 1.76 bits per heavy atom. The van der Waals surface area contributed by atoms with Crippen molar-refractivity contribution in [3.63, 3.8) is 0 Å². The van der Waals surface area contributed by atoms with E-state index in [1.807, 2.05) is 6.08 Å². The number of carbonyl (C=O) groups is 1. The van der Waals surface area contributed by atoms with Crippen LogP contribution < -0.4 is 4.90 Å². The Labute approximate surface area is 175 Å². The van der Waals surface area contributed by atoms with Gasteiger partial charge in [-0.3, -0.25) is 4.79 Å². The number of anilines is 1. The zero-order valence-corrected chi connectivity index (χ0v) is 18.1. The fourth-order valence-electron chi connectivity index (χ4n) is 7.64. The van der Waals surface area contributed by atoms with Crippen molar-refractivity contribution in [1.29, 1.82) is 0 Å². The van der Waals surface area contributed by atoms with Crippen LogP contribution in [0.25, 0.3) is 0 Å². The van der Waals surface area contributed by atoms with Gasteiger partial charge in [-0.2, -0.15) is 0 Å². The van der Waals surface area contributed by atoms with Crippen LogP contribution in [-0.2, 0) is 4.79 Å². The first-order valence-electron chi connectivity index (χ1n) is 11.6. The van der Waals surface area contributed by atoms with Crippen LogP contribution in [0.15, 0.2) is 35.9 Å². The smallest absolute Gasteiger partial charge is 0.155 e. The van der Waals surface area contributed by atoms with E-state index < -0.39 is 0 Å². The maximum absolute atomic E-state index is 12.1. The number of rotatable bonds is 2. The maximum Gasteiger partial charge on any atom is 0.155 e. The van der Waals surface area contributed by atoms with Gasteiger partial charge in [-0.15, -0.1) is 0 Å². The second-order valence-electron chi connectivity index (χ2n) is 10.6. The Balaban J connectivity index is 1.57. The summed E-state index contributed by atoms with van der Waals surface area (Å²) in [5, 5.41) is 11.0. The monoisotopic (exact) mass is 393 g/mol. The van der Waals surface area contributed by atoms with Gasteiger partial charge in [-0.1, -0.05) is 24.6 Å². The Morgan fingerprint density at radius 1 is 1.00 bits per heavy atom. The lowest BCUT2D eigenvalue weighted by atomic mass is 9.48. The lowest BCUT2D eigenvalue weighted by molar-refractivity contribution is -0.116. The summed E-state index contributed by atoms with van der Waals surface area (Å²) in [6, 6.07) is 9.14. The Bertz CT molecular complexity index is 826. The highest BCUT2D eigenvalue weighted by Gasteiger charge is 2.59. The molecule has 3 heteroatoms. The zero-order valence-electron chi connectivity index (χ0n) is 18.1. The predicted octanol–water partition coefficient (Wildman–Crippen LogP) is 4.95. The first-order valence-corrected chi connectivity index (χ1v) is 11.6. The van der Waals surface area contributed by atoms with Crippen molar-refractivity contribution in [1.82, 2.24) is 0 Å². The minimum Gasteiger partial charge on any atom is -0.393 e. The molecular formula is C26H35NO2. The van der Waals surface area contributed by atoms with E-state index in [0.29, 0.717) is 41.8 Å². The van der Waals surface area contributed by atoms with Crippen LogP contribution in [0.3, 0.4) is 0 Å². The van der Waals surface area contributed by atoms with Crippen molar-refractivity contribution in [2.75, 3.05) is 19.0 Å². The van der Waals surface area contributed by atoms with Crippen molar-refractivity contribution in [2.24, 2.45) is 29.1 Å². The summed E-state index contributed by atoms with van der Waals surface area (Å²) in [6.07, 6.45) is 9.08. The van der Waals surface area contributed by atoms with Crippen LogP contribution in [0.5, 0.6) is 0 Å². The molecule has 1 aromatic rings. The molecule has 5 rings (SSSR count). The number of aliphatic hydroxyl groups is 1. The number of hydrogen-bond acceptors (Lipinski definition) is 3.